The van der Waals surface area contributed by atoms with Gasteiger partial charge in [0.1, 0.15) is 6.04 Å². The van der Waals surface area contributed by atoms with Crippen molar-refractivity contribution in [3.8, 4) is 12.3 Å². The molecule has 1 aromatic carbocycles. The number of carbonyl (C=O) groups excluding carboxylic acids is 1. The van der Waals surface area contributed by atoms with E-state index in [9.17, 15) is 4.79 Å². The Hall–Kier alpha value is -1.79. The van der Waals surface area contributed by atoms with Crippen molar-refractivity contribution in [2.24, 2.45) is 5.73 Å². The van der Waals surface area contributed by atoms with E-state index in [1.165, 1.54) is 0 Å². The third-order valence-electron chi connectivity index (χ3n) is 2.37. The van der Waals surface area contributed by atoms with Gasteiger partial charge in [-0.25, -0.2) is 0 Å². The minimum atomic E-state index is -0.663. The predicted octanol–water partition coefficient (Wildman–Crippen LogP) is 1.21. The van der Waals surface area contributed by atoms with Crippen LogP contribution in [0.25, 0.3) is 0 Å². The summed E-state index contributed by atoms with van der Waals surface area (Å²) in [5.74, 6) is 2.26. The maximum atomic E-state index is 11.7. The van der Waals surface area contributed by atoms with E-state index < -0.39 is 6.04 Å². The zero-order valence-corrected chi connectivity index (χ0v) is 9.31. The molecule has 1 rings (SSSR count). The summed E-state index contributed by atoms with van der Waals surface area (Å²) >= 11 is 0. The molecule has 0 saturated carbocycles. The molecule has 1 aromatic rings. The number of nitrogens with one attached hydrogen (secondary N) is 1. The number of hydrogen-bond acceptors (Lipinski definition) is 2. The average molecular weight is 216 g/mol. The molecule has 3 N–H and O–H groups in total. The van der Waals surface area contributed by atoms with Crippen LogP contribution in [0.15, 0.2) is 30.3 Å². The Morgan fingerprint density at radius 1 is 1.50 bits per heavy atom. The number of nitrogens with two attached hydrogens (primary N) is 1. The van der Waals surface area contributed by atoms with Crippen LogP contribution in [0.3, 0.4) is 0 Å². The molecule has 3 heteroatoms. The lowest BCUT2D eigenvalue weighted by atomic mass is 10.1. The first-order valence-electron chi connectivity index (χ1n) is 5.26. The van der Waals surface area contributed by atoms with Gasteiger partial charge in [0, 0.05) is 0 Å². The lowest BCUT2D eigenvalue weighted by Crippen LogP contribution is -2.39. The Morgan fingerprint density at radius 3 is 2.62 bits per heavy atom. The number of hydrogen-bond donors (Lipinski definition) is 2. The van der Waals surface area contributed by atoms with Gasteiger partial charge < -0.3 is 11.1 Å². The maximum Gasteiger partial charge on any atom is 0.242 e. The predicted molar refractivity (Wildman–Crippen MR) is 64.4 cm³/mol. The summed E-state index contributed by atoms with van der Waals surface area (Å²) in [4.78, 5) is 11.7. The molecule has 2 atom stereocenters. The first-order chi connectivity index (χ1) is 7.69. The molecule has 0 saturated heterocycles. The molecule has 1 unspecified atom stereocenters. The van der Waals surface area contributed by atoms with E-state index in [1.807, 2.05) is 37.3 Å². The molecule has 3 nitrogen and oxygen atoms in total. The van der Waals surface area contributed by atoms with E-state index in [1.54, 1.807) is 0 Å². The lowest BCUT2D eigenvalue weighted by Gasteiger charge is -2.15. The quantitative estimate of drug-likeness (QED) is 0.743. The first-order valence-corrected chi connectivity index (χ1v) is 5.26. The maximum absolute atomic E-state index is 11.7. The van der Waals surface area contributed by atoms with E-state index in [-0.39, 0.29) is 11.9 Å². The van der Waals surface area contributed by atoms with Crippen LogP contribution in [0.2, 0.25) is 0 Å². The minimum Gasteiger partial charge on any atom is -0.341 e. The highest BCUT2D eigenvalue weighted by molar-refractivity contribution is 5.83. The van der Waals surface area contributed by atoms with Gasteiger partial charge in [-0.15, -0.1) is 6.42 Å². The van der Waals surface area contributed by atoms with Gasteiger partial charge in [-0.2, -0.15) is 0 Å². The van der Waals surface area contributed by atoms with Gasteiger partial charge in [-0.3, -0.25) is 4.79 Å². The molecule has 0 fully saturated rings. The largest absolute Gasteiger partial charge is 0.341 e. The summed E-state index contributed by atoms with van der Waals surface area (Å²) in [5, 5.41) is 2.71. The van der Waals surface area contributed by atoms with Crippen LogP contribution in [0.4, 0.5) is 0 Å². The van der Waals surface area contributed by atoms with E-state index in [0.29, 0.717) is 6.42 Å². The van der Waals surface area contributed by atoms with Crippen molar-refractivity contribution in [1.82, 2.24) is 5.32 Å². The van der Waals surface area contributed by atoms with Crippen molar-refractivity contribution in [2.45, 2.75) is 25.4 Å². The van der Waals surface area contributed by atoms with Gasteiger partial charge in [-0.05, 0) is 12.0 Å². The van der Waals surface area contributed by atoms with Crippen LogP contribution >= 0.6 is 0 Å². The summed E-state index contributed by atoms with van der Waals surface area (Å²) in [6, 6.07) is 8.31. The highest BCUT2D eigenvalue weighted by atomic mass is 16.2. The van der Waals surface area contributed by atoms with Gasteiger partial charge >= 0.3 is 0 Å². The molecule has 0 aliphatic heterocycles. The third kappa shape index (κ3) is 3.11. The Labute approximate surface area is 96.0 Å². The fourth-order valence-electron chi connectivity index (χ4n) is 1.33. The second-order valence-corrected chi connectivity index (χ2v) is 3.52. The van der Waals surface area contributed by atoms with Gasteiger partial charge in [0.25, 0.3) is 0 Å². The monoisotopic (exact) mass is 216 g/mol. The van der Waals surface area contributed by atoms with Gasteiger partial charge in [0.2, 0.25) is 5.91 Å². The molecule has 1 amide bonds. The first kappa shape index (κ1) is 12.3. The molecular weight excluding hydrogens is 200 g/mol. The average Bonchev–Trinajstić information content (AvgIpc) is 2.35. The molecule has 0 bridgehead atoms. The topological polar surface area (TPSA) is 55.1 Å². The lowest BCUT2D eigenvalue weighted by molar-refractivity contribution is -0.122. The summed E-state index contributed by atoms with van der Waals surface area (Å²) in [6.45, 7) is 1.92. The number of benzene rings is 1. The molecule has 84 valence electrons. The second kappa shape index (κ2) is 5.94. The molecule has 0 aliphatic carbocycles. The van der Waals surface area contributed by atoms with Crippen molar-refractivity contribution >= 4 is 5.91 Å². The summed E-state index contributed by atoms with van der Waals surface area (Å²) < 4.78 is 0. The van der Waals surface area contributed by atoms with Crippen LogP contribution in [-0.4, -0.2) is 11.9 Å². The summed E-state index contributed by atoms with van der Waals surface area (Å²) in [6.07, 6.45) is 5.96. The Kier molecular flexibility index (Phi) is 4.56. The van der Waals surface area contributed by atoms with E-state index >= 15 is 0 Å². The van der Waals surface area contributed by atoms with Crippen LogP contribution in [0, 0.1) is 12.3 Å². The van der Waals surface area contributed by atoms with Crippen molar-refractivity contribution in [1.29, 1.82) is 0 Å². The fourth-order valence-corrected chi connectivity index (χ4v) is 1.33. The van der Waals surface area contributed by atoms with E-state index in [4.69, 9.17) is 12.2 Å². The van der Waals surface area contributed by atoms with Gasteiger partial charge in [0.15, 0.2) is 0 Å². The molecule has 0 radical (unpaired) electrons. The molecular formula is C13H16N2O. The van der Waals surface area contributed by atoms with Crippen LogP contribution in [0.1, 0.15) is 24.9 Å². The molecule has 0 aliphatic rings. The smallest absolute Gasteiger partial charge is 0.242 e. The Balaban J connectivity index is 2.65. The normalized spacial score (nSPS) is 13.6. The highest BCUT2D eigenvalue weighted by Gasteiger charge is 2.17. The second-order valence-electron chi connectivity index (χ2n) is 3.52. The Bertz CT molecular complexity index is 381. The number of rotatable bonds is 4. The van der Waals surface area contributed by atoms with Crippen molar-refractivity contribution < 1.29 is 4.79 Å². The van der Waals surface area contributed by atoms with E-state index in [2.05, 4.69) is 11.2 Å². The molecule has 0 aromatic heterocycles. The standard InChI is InChI=1S/C13H16N2O/c1-3-11(4-2)15-13(16)12(14)10-8-6-5-7-9-10/h1,5-9,11-12H,4,14H2,2H3,(H,15,16)/t11?,12-/m0/s1. The van der Waals surface area contributed by atoms with Crippen LogP contribution < -0.4 is 11.1 Å². The van der Waals surface area contributed by atoms with Crippen molar-refractivity contribution in [2.75, 3.05) is 0 Å². The number of amides is 1. The number of terminal acetylenes is 1. The van der Waals surface area contributed by atoms with Gasteiger partial charge in [0.05, 0.1) is 6.04 Å². The summed E-state index contributed by atoms with van der Waals surface area (Å²) in [5.41, 5.74) is 6.60. The molecule has 0 heterocycles. The minimum absolute atomic E-state index is 0.240. The van der Waals surface area contributed by atoms with E-state index in [0.717, 1.165) is 5.56 Å². The van der Waals surface area contributed by atoms with Crippen LogP contribution in [-0.2, 0) is 4.79 Å². The highest BCUT2D eigenvalue weighted by Crippen LogP contribution is 2.09. The van der Waals surface area contributed by atoms with Crippen LogP contribution in [0.5, 0.6) is 0 Å². The zero-order chi connectivity index (χ0) is 12.0. The van der Waals surface area contributed by atoms with Crippen molar-refractivity contribution in [3.05, 3.63) is 35.9 Å². The third-order valence-corrected chi connectivity index (χ3v) is 2.37. The molecule has 16 heavy (non-hydrogen) atoms. The summed E-state index contributed by atoms with van der Waals surface area (Å²) in [7, 11) is 0. The molecule has 0 spiro atoms. The zero-order valence-electron chi connectivity index (χ0n) is 9.31. The van der Waals surface area contributed by atoms with Crippen molar-refractivity contribution in [3.63, 3.8) is 0 Å². The number of carbonyl (C=O) groups is 1. The van der Waals surface area contributed by atoms with Gasteiger partial charge in [-0.1, -0.05) is 43.2 Å². The fraction of sp³-hybridized carbons (Fsp3) is 0.308. The Morgan fingerprint density at radius 2 is 2.12 bits per heavy atom. The SMILES string of the molecule is C#CC(CC)NC(=O)[C@@H](N)c1ccccc1.